The normalized spacial score (nSPS) is 10.9. The molecule has 1 rings (SSSR count). The van der Waals surface area contributed by atoms with Crippen LogP contribution in [-0.4, -0.2) is 31.2 Å². The minimum Gasteiger partial charge on any atom is -0.395 e. The third-order valence-corrected chi connectivity index (χ3v) is 2.33. The van der Waals surface area contributed by atoms with Gasteiger partial charge in [0.15, 0.2) is 0 Å². The van der Waals surface area contributed by atoms with E-state index in [0.717, 1.165) is 0 Å². The topological polar surface area (TPSA) is 49.5 Å². The van der Waals surface area contributed by atoms with Crippen LogP contribution in [-0.2, 0) is 6.54 Å². The molecule has 0 bridgehead atoms. The van der Waals surface area contributed by atoms with Crippen LogP contribution in [0.2, 0.25) is 0 Å². The summed E-state index contributed by atoms with van der Waals surface area (Å²) < 4.78 is 37.7. The predicted octanol–water partition coefficient (Wildman–Crippen LogP) is 1.35. The van der Waals surface area contributed by atoms with E-state index in [0.29, 0.717) is 11.3 Å². The molecule has 0 fully saturated rings. The van der Waals surface area contributed by atoms with Crippen LogP contribution in [0.4, 0.5) is 18.9 Å². The molecule has 0 saturated carbocycles. The van der Waals surface area contributed by atoms with E-state index in [9.17, 15) is 13.2 Å². The molecule has 0 aliphatic heterocycles. The van der Waals surface area contributed by atoms with Crippen LogP contribution in [0.1, 0.15) is 5.56 Å². The Balaban J connectivity index is 2.99. The van der Waals surface area contributed by atoms with Crippen LogP contribution < -0.4 is 10.6 Å². The molecule has 3 nitrogen and oxygen atoms in total. The molecule has 0 saturated heterocycles. The average Bonchev–Trinajstić information content (AvgIpc) is 2.27. The van der Waals surface area contributed by atoms with Gasteiger partial charge in [0.05, 0.1) is 13.2 Å². The molecular weight excluding hydrogens is 233 g/mol. The van der Waals surface area contributed by atoms with Crippen molar-refractivity contribution in [3.63, 3.8) is 0 Å². The lowest BCUT2D eigenvalue weighted by atomic mass is 10.1. The molecule has 96 valence electrons. The molecule has 0 amide bonds. The van der Waals surface area contributed by atoms with Crippen LogP contribution >= 0.6 is 0 Å². The van der Waals surface area contributed by atoms with Crippen molar-refractivity contribution < 1.29 is 18.3 Å². The lowest BCUT2D eigenvalue weighted by molar-refractivity contribution is 0.152. The molecule has 0 aliphatic carbocycles. The molecule has 1 aromatic carbocycles. The highest BCUT2D eigenvalue weighted by molar-refractivity contribution is 5.54. The van der Waals surface area contributed by atoms with Gasteiger partial charge in [-0.15, -0.1) is 0 Å². The summed E-state index contributed by atoms with van der Waals surface area (Å²) in [6.45, 7) is -0.658. The fourth-order valence-corrected chi connectivity index (χ4v) is 1.62. The van der Waals surface area contributed by atoms with Gasteiger partial charge in [-0.25, -0.2) is 13.2 Å². The summed E-state index contributed by atoms with van der Waals surface area (Å²) >= 11 is 0. The first-order valence-electron chi connectivity index (χ1n) is 5.21. The van der Waals surface area contributed by atoms with Gasteiger partial charge in [0.1, 0.15) is 5.82 Å². The number of halogens is 3. The quantitative estimate of drug-likeness (QED) is 0.799. The summed E-state index contributed by atoms with van der Waals surface area (Å²) in [6.07, 6.45) is -2.53. The summed E-state index contributed by atoms with van der Waals surface area (Å²) in [4.78, 5) is 1.30. The van der Waals surface area contributed by atoms with Crippen LogP contribution in [0.25, 0.3) is 0 Å². The van der Waals surface area contributed by atoms with Crippen LogP contribution in [0.3, 0.4) is 0 Å². The zero-order valence-electron chi connectivity index (χ0n) is 9.24. The van der Waals surface area contributed by atoms with Crippen molar-refractivity contribution in [1.82, 2.24) is 0 Å². The lowest BCUT2D eigenvalue weighted by Gasteiger charge is -2.25. The van der Waals surface area contributed by atoms with Gasteiger partial charge in [0.25, 0.3) is 6.43 Å². The Morgan fingerprint density at radius 3 is 2.59 bits per heavy atom. The summed E-state index contributed by atoms with van der Waals surface area (Å²) in [5.74, 6) is -0.463. The molecule has 0 radical (unpaired) electrons. The molecule has 6 heteroatoms. The van der Waals surface area contributed by atoms with Crippen LogP contribution in [0, 0.1) is 5.82 Å². The Hall–Kier alpha value is -1.27. The van der Waals surface area contributed by atoms with Gasteiger partial charge in [-0.2, -0.15) is 0 Å². The van der Waals surface area contributed by atoms with Gasteiger partial charge in [-0.05, 0) is 23.8 Å². The zero-order valence-corrected chi connectivity index (χ0v) is 9.24. The van der Waals surface area contributed by atoms with Gasteiger partial charge in [0.2, 0.25) is 0 Å². The number of anilines is 1. The van der Waals surface area contributed by atoms with E-state index >= 15 is 0 Å². The Bertz CT molecular complexity index is 361. The van der Waals surface area contributed by atoms with Gasteiger partial charge in [-0.3, -0.25) is 0 Å². The second kappa shape index (κ2) is 6.46. The van der Waals surface area contributed by atoms with Crippen molar-refractivity contribution in [2.75, 3.05) is 24.6 Å². The summed E-state index contributed by atoms with van der Waals surface area (Å²) in [6, 6.07) is 3.80. The number of aliphatic hydroxyl groups excluding tert-OH is 1. The van der Waals surface area contributed by atoms with Gasteiger partial charge >= 0.3 is 0 Å². The van der Waals surface area contributed by atoms with Crippen LogP contribution in [0.15, 0.2) is 18.2 Å². The van der Waals surface area contributed by atoms with E-state index in [1.165, 1.54) is 23.1 Å². The molecule has 1 aromatic rings. The van der Waals surface area contributed by atoms with E-state index in [1.807, 2.05) is 0 Å². The molecule has 17 heavy (non-hydrogen) atoms. The molecule has 0 spiro atoms. The smallest absolute Gasteiger partial charge is 0.255 e. The summed E-state index contributed by atoms with van der Waals surface area (Å²) in [5, 5.41) is 8.84. The first kappa shape index (κ1) is 13.8. The summed E-state index contributed by atoms with van der Waals surface area (Å²) in [7, 11) is 0. The minimum atomic E-state index is -2.53. The van der Waals surface area contributed by atoms with Crippen molar-refractivity contribution >= 4 is 5.69 Å². The SMILES string of the molecule is NCc1cc(F)ccc1N(CCO)CC(F)F. The Kier molecular flexibility index (Phi) is 5.24. The van der Waals surface area contributed by atoms with E-state index in [1.54, 1.807) is 0 Å². The van der Waals surface area contributed by atoms with E-state index < -0.39 is 18.8 Å². The minimum absolute atomic E-state index is 0.0538. The zero-order chi connectivity index (χ0) is 12.8. The number of nitrogens with zero attached hydrogens (tertiary/aromatic N) is 1. The van der Waals surface area contributed by atoms with Gasteiger partial charge in [0, 0.05) is 18.8 Å². The third kappa shape index (κ3) is 3.90. The largest absolute Gasteiger partial charge is 0.395 e. The second-order valence-corrected chi connectivity index (χ2v) is 3.54. The fraction of sp³-hybridized carbons (Fsp3) is 0.455. The number of aliphatic hydroxyl groups is 1. The van der Waals surface area contributed by atoms with Gasteiger partial charge in [-0.1, -0.05) is 0 Å². The highest BCUT2D eigenvalue weighted by Gasteiger charge is 2.15. The molecule has 0 aliphatic rings. The van der Waals surface area contributed by atoms with Gasteiger partial charge < -0.3 is 15.7 Å². The maximum Gasteiger partial charge on any atom is 0.255 e. The number of hydrogen-bond donors (Lipinski definition) is 2. The molecule has 0 unspecified atom stereocenters. The third-order valence-electron chi connectivity index (χ3n) is 2.33. The monoisotopic (exact) mass is 248 g/mol. The van der Waals surface area contributed by atoms with Crippen LogP contribution in [0.5, 0.6) is 0 Å². The standard InChI is InChI=1S/C11H15F3N2O/c12-9-1-2-10(8(5-9)6-15)16(3-4-17)7-11(13)14/h1-2,5,11,17H,3-4,6-7,15H2. The number of nitrogens with two attached hydrogens (primary N) is 1. The van der Waals surface area contributed by atoms with Crippen molar-refractivity contribution in [3.05, 3.63) is 29.6 Å². The van der Waals surface area contributed by atoms with E-state index in [4.69, 9.17) is 10.8 Å². The Morgan fingerprint density at radius 1 is 1.35 bits per heavy atom. The predicted molar refractivity (Wildman–Crippen MR) is 59.6 cm³/mol. The average molecular weight is 248 g/mol. The molecule has 0 aromatic heterocycles. The Labute approximate surface area is 97.6 Å². The molecule has 0 heterocycles. The maximum atomic E-state index is 13.0. The number of alkyl halides is 2. The van der Waals surface area contributed by atoms with E-state index in [-0.39, 0.29) is 19.7 Å². The number of benzene rings is 1. The second-order valence-electron chi connectivity index (χ2n) is 3.54. The van der Waals surface area contributed by atoms with Crippen molar-refractivity contribution in [1.29, 1.82) is 0 Å². The highest BCUT2D eigenvalue weighted by atomic mass is 19.3. The summed E-state index contributed by atoms with van der Waals surface area (Å²) in [5.41, 5.74) is 6.32. The van der Waals surface area contributed by atoms with Crippen molar-refractivity contribution in [3.8, 4) is 0 Å². The first-order valence-corrected chi connectivity index (χ1v) is 5.21. The molecule has 0 atom stereocenters. The van der Waals surface area contributed by atoms with E-state index in [2.05, 4.69) is 0 Å². The number of rotatable bonds is 6. The van der Waals surface area contributed by atoms with Crippen molar-refractivity contribution in [2.45, 2.75) is 13.0 Å². The first-order chi connectivity index (χ1) is 8.08. The molecule has 3 N–H and O–H groups in total. The highest BCUT2D eigenvalue weighted by Crippen LogP contribution is 2.22. The number of hydrogen-bond acceptors (Lipinski definition) is 3. The molecular formula is C11H15F3N2O. The maximum absolute atomic E-state index is 13.0. The van der Waals surface area contributed by atoms with Crippen molar-refractivity contribution in [2.24, 2.45) is 5.73 Å². The Morgan fingerprint density at radius 2 is 2.06 bits per heavy atom. The lowest BCUT2D eigenvalue weighted by Crippen LogP contribution is -2.32. The fourth-order valence-electron chi connectivity index (χ4n) is 1.62.